The number of halogens is 4. The molecule has 3 aliphatic rings. The normalized spacial score (nSPS) is 26.4. The van der Waals surface area contributed by atoms with E-state index >= 15 is 0 Å². The molecule has 2 aliphatic carbocycles. The number of hydrogen-bond acceptors (Lipinski definition) is 4. The van der Waals surface area contributed by atoms with Gasteiger partial charge in [0.1, 0.15) is 11.7 Å². The van der Waals surface area contributed by atoms with E-state index in [0.29, 0.717) is 31.2 Å². The molecule has 3 heterocycles. The molecular weight excluding hydrogens is 473 g/mol. The second kappa shape index (κ2) is 8.41. The van der Waals surface area contributed by atoms with Gasteiger partial charge in [-0.3, -0.25) is 14.0 Å². The van der Waals surface area contributed by atoms with Crippen molar-refractivity contribution >= 4 is 29.1 Å². The van der Waals surface area contributed by atoms with E-state index < -0.39 is 23.3 Å². The SMILES string of the molecule is CC1CN(C(=O)c2nc3c(C(F)(F)F)cc(C4CC4)cn3c2Cl)CC(=O)N1C1CCC(O)CC1. The first-order chi connectivity index (χ1) is 16.0. The van der Waals surface area contributed by atoms with E-state index in [9.17, 15) is 27.9 Å². The van der Waals surface area contributed by atoms with Crippen LogP contribution in [0.15, 0.2) is 12.3 Å². The lowest BCUT2D eigenvalue weighted by atomic mass is 9.90. The van der Waals surface area contributed by atoms with E-state index in [-0.39, 0.29) is 53.9 Å². The summed E-state index contributed by atoms with van der Waals surface area (Å²) in [5.41, 5.74) is -1.10. The Kier molecular flexibility index (Phi) is 5.79. The monoisotopic (exact) mass is 498 g/mol. The number of amides is 2. The minimum atomic E-state index is -4.65. The Hall–Kier alpha value is -2.33. The maximum Gasteiger partial charge on any atom is 0.419 e. The van der Waals surface area contributed by atoms with Crippen molar-refractivity contribution in [2.75, 3.05) is 13.1 Å². The number of aliphatic hydroxyl groups is 1. The van der Waals surface area contributed by atoms with Crippen molar-refractivity contribution in [3.63, 3.8) is 0 Å². The zero-order valence-electron chi connectivity index (χ0n) is 18.7. The molecular formula is C23H26ClF3N4O3. The minimum Gasteiger partial charge on any atom is -0.393 e. The van der Waals surface area contributed by atoms with Crippen molar-refractivity contribution < 1.29 is 27.9 Å². The molecule has 7 nitrogen and oxygen atoms in total. The van der Waals surface area contributed by atoms with Gasteiger partial charge in [0.25, 0.3) is 5.91 Å². The lowest BCUT2D eigenvalue weighted by Crippen LogP contribution is -2.60. The number of aliphatic hydroxyl groups excluding tert-OH is 1. The third-order valence-corrected chi connectivity index (χ3v) is 7.52. The second-order valence-electron chi connectivity index (χ2n) is 9.70. The van der Waals surface area contributed by atoms with Crippen molar-refractivity contribution in [2.45, 2.75) is 75.7 Å². The summed E-state index contributed by atoms with van der Waals surface area (Å²) >= 11 is 6.39. The standard InChI is InChI=1S/C23H26ClF3N4O3/c1-12-9-29(11-18(33)31(12)15-4-6-16(32)7-5-15)22(34)19-20(24)30-10-14(13-2-3-13)8-17(21(30)28-19)23(25,26)27/h8,10,12-13,15-16,32H,2-7,9,11H2,1H3. The summed E-state index contributed by atoms with van der Waals surface area (Å²) in [6, 6.07) is 0.835. The van der Waals surface area contributed by atoms with Crippen molar-refractivity contribution in [2.24, 2.45) is 0 Å². The third kappa shape index (κ3) is 4.15. The molecule has 34 heavy (non-hydrogen) atoms. The number of nitrogens with zero attached hydrogens (tertiary/aromatic N) is 4. The molecule has 0 spiro atoms. The maximum absolute atomic E-state index is 13.8. The van der Waals surface area contributed by atoms with Gasteiger partial charge in [-0.25, -0.2) is 4.98 Å². The fraction of sp³-hybridized carbons (Fsp3) is 0.609. The van der Waals surface area contributed by atoms with Crippen LogP contribution in [0.3, 0.4) is 0 Å². The van der Waals surface area contributed by atoms with E-state index in [1.165, 1.54) is 11.1 Å². The number of piperazine rings is 1. The number of fused-ring (bicyclic) bond motifs is 1. The van der Waals surface area contributed by atoms with Gasteiger partial charge >= 0.3 is 6.18 Å². The number of pyridine rings is 1. The first kappa shape index (κ1) is 23.4. The average molecular weight is 499 g/mol. The molecule has 3 fully saturated rings. The topological polar surface area (TPSA) is 78.2 Å². The zero-order chi connectivity index (χ0) is 24.4. The zero-order valence-corrected chi connectivity index (χ0v) is 19.4. The average Bonchev–Trinajstić information content (AvgIpc) is 3.57. The van der Waals surface area contributed by atoms with Gasteiger partial charge in [0, 0.05) is 24.8 Å². The van der Waals surface area contributed by atoms with Gasteiger partial charge in [-0.2, -0.15) is 13.2 Å². The summed E-state index contributed by atoms with van der Waals surface area (Å²) in [6.07, 6.45) is 0.818. The molecule has 0 radical (unpaired) electrons. The van der Waals surface area contributed by atoms with Gasteiger partial charge in [-0.1, -0.05) is 11.6 Å². The van der Waals surface area contributed by atoms with Gasteiger partial charge < -0.3 is 14.9 Å². The molecule has 2 aromatic rings. The van der Waals surface area contributed by atoms with Crippen LogP contribution in [0.2, 0.25) is 5.15 Å². The molecule has 11 heteroatoms. The molecule has 1 saturated heterocycles. The predicted octanol–water partition coefficient (Wildman–Crippen LogP) is 3.86. The Bertz CT molecular complexity index is 1140. The maximum atomic E-state index is 13.8. The first-order valence-electron chi connectivity index (χ1n) is 11.6. The van der Waals surface area contributed by atoms with E-state index in [2.05, 4.69) is 4.98 Å². The second-order valence-corrected chi connectivity index (χ2v) is 10.1. The lowest BCUT2D eigenvalue weighted by molar-refractivity contribution is -0.142. The highest BCUT2D eigenvalue weighted by atomic mass is 35.5. The number of alkyl halides is 3. The number of aromatic nitrogens is 2. The van der Waals surface area contributed by atoms with Gasteiger partial charge in [0.2, 0.25) is 5.91 Å². The van der Waals surface area contributed by atoms with Crippen molar-refractivity contribution in [3.05, 3.63) is 34.2 Å². The van der Waals surface area contributed by atoms with Crippen LogP contribution in [-0.2, 0) is 11.0 Å². The van der Waals surface area contributed by atoms with Gasteiger partial charge in [-0.05, 0) is 63.0 Å². The first-order valence-corrected chi connectivity index (χ1v) is 12.0. The molecule has 2 saturated carbocycles. The van der Waals surface area contributed by atoms with Crippen LogP contribution in [0.1, 0.15) is 73.0 Å². The molecule has 2 amide bonds. The molecule has 1 aliphatic heterocycles. The predicted molar refractivity (Wildman–Crippen MR) is 118 cm³/mol. The van der Waals surface area contributed by atoms with E-state index in [1.54, 1.807) is 4.90 Å². The number of rotatable bonds is 3. The molecule has 1 N–H and O–H groups in total. The number of carbonyl (C=O) groups is 2. The summed E-state index contributed by atoms with van der Waals surface area (Å²) in [5, 5.41) is 9.57. The van der Waals surface area contributed by atoms with E-state index in [1.807, 2.05) is 6.92 Å². The Balaban J connectivity index is 1.43. The Morgan fingerprint density at radius 3 is 2.44 bits per heavy atom. The number of hydrogen-bond donors (Lipinski definition) is 1. The summed E-state index contributed by atoms with van der Waals surface area (Å²) in [7, 11) is 0. The Labute approximate surface area is 199 Å². The van der Waals surface area contributed by atoms with Gasteiger partial charge in [0.15, 0.2) is 11.3 Å². The van der Waals surface area contributed by atoms with Crippen LogP contribution in [0.25, 0.3) is 5.65 Å². The van der Waals surface area contributed by atoms with Crippen molar-refractivity contribution in [1.82, 2.24) is 19.2 Å². The molecule has 1 atom stereocenters. The molecule has 5 rings (SSSR count). The summed E-state index contributed by atoms with van der Waals surface area (Å²) in [4.78, 5) is 33.3. The van der Waals surface area contributed by atoms with Gasteiger partial charge in [0.05, 0.1) is 11.7 Å². The van der Waals surface area contributed by atoms with E-state index in [4.69, 9.17) is 11.6 Å². The largest absolute Gasteiger partial charge is 0.419 e. The summed E-state index contributed by atoms with van der Waals surface area (Å²) < 4.78 is 42.4. The van der Waals surface area contributed by atoms with Crippen molar-refractivity contribution in [3.8, 4) is 0 Å². The molecule has 0 aromatic carbocycles. The third-order valence-electron chi connectivity index (χ3n) is 7.16. The highest BCUT2D eigenvalue weighted by Crippen LogP contribution is 2.43. The number of imidazole rings is 1. The molecule has 184 valence electrons. The smallest absolute Gasteiger partial charge is 0.393 e. The molecule has 0 bridgehead atoms. The number of carbonyl (C=O) groups excluding carboxylic acids is 2. The fourth-order valence-electron chi connectivity index (χ4n) is 5.29. The highest BCUT2D eigenvalue weighted by Gasteiger charge is 2.41. The summed E-state index contributed by atoms with van der Waals surface area (Å²) in [6.45, 7) is 1.89. The summed E-state index contributed by atoms with van der Waals surface area (Å²) in [5.74, 6) is -0.829. The van der Waals surface area contributed by atoms with Crippen LogP contribution >= 0.6 is 11.6 Å². The lowest BCUT2D eigenvalue weighted by Gasteiger charge is -2.45. The van der Waals surface area contributed by atoms with Crippen LogP contribution in [0.5, 0.6) is 0 Å². The Morgan fingerprint density at radius 2 is 1.85 bits per heavy atom. The quantitative estimate of drug-likeness (QED) is 0.697. The van der Waals surface area contributed by atoms with Crippen LogP contribution in [0, 0.1) is 0 Å². The van der Waals surface area contributed by atoms with Crippen LogP contribution in [0.4, 0.5) is 13.2 Å². The van der Waals surface area contributed by atoms with E-state index in [0.717, 1.165) is 23.3 Å². The minimum absolute atomic E-state index is 0.0112. The molecule has 1 unspecified atom stereocenters. The fourth-order valence-corrected chi connectivity index (χ4v) is 5.54. The highest BCUT2D eigenvalue weighted by molar-refractivity contribution is 6.33. The van der Waals surface area contributed by atoms with Gasteiger partial charge in [-0.15, -0.1) is 0 Å². The molecule has 2 aromatic heterocycles. The van der Waals surface area contributed by atoms with Crippen molar-refractivity contribution in [1.29, 1.82) is 0 Å². The Morgan fingerprint density at radius 1 is 1.18 bits per heavy atom. The van der Waals surface area contributed by atoms with Crippen LogP contribution in [-0.4, -0.2) is 67.4 Å². The van der Waals surface area contributed by atoms with Crippen LogP contribution < -0.4 is 0 Å².